The lowest BCUT2D eigenvalue weighted by molar-refractivity contribution is 0.0708. The number of methoxy groups -OCH3 is 1. The fraction of sp³-hybridized carbons (Fsp3) is 0.632. The van der Waals surface area contributed by atoms with Crippen molar-refractivity contribution in [3.8, 4) is 5.75 Å². The van der Waals surface area contributed by atoms with Gasteiger partial charge in [0.1, 0.15) is 5.75 Å². The van der Waals surface area contributed by atoms with Crippen LogP contribution in [0.25, 0.3) is 0 Å². The van der Waals surface area contributed by atoms with Crippen molar-refractivity contribution in [1.29, 1.82) is 0 Å². The van der Waals surface area contributed by atoms with E-state index in [1.807, 2.05) is 51.3 Å². The number of aliphatic imine (C=N–C) groups is 1. The van der Waals surface area contributed by atoms with Crippen molar-refractivity contribution in [2.45, 2.75) is 33.2 Å². The van der Waals surface area contributed by atoms with Crippen LogP contribution in [0.2, 0.25) is 6.04 Å². The molecule has 7 heteroatoms. The minimum absolute atomic E-state index is 0.625. The second-order valence-electron chi connectivity index (χ2n) is 5.64. The summed E-state index contributed by atoms with van der Waals surface area (Å²) in [7, 11) is -0.838. The van der Waals surface area contributed by atoms with Crippen LogP contribution in [0.15, 0.2) is 29.3 Å². The molecule has 0 saturated heterocycles. The zero-order valence-electron chi connectivity index (χ0n) is 16.6. The Morgan fingerprint density at radius 3 is 2.12 bits per heavy atom. The lowest BCUT2D eigenvalue weighted by atomic mass is 10.2. The first-order valence-electron chi connectivity index (χ1n) is 9.46. The van der Waals surface area contributed by atoms with Gasteiger partial charge >= 0.3 is 8.80 Å². The van der Waals surface area contributed by atoms with Gasteiger partial charge in [-0.1, -0.05) is 0 Å². The maximum Gasteiger partial charge on any atom is 0.500 e. The molecule has 1 aromatic carbocycles. The molecule has 148 valence electrons. The number of hydrogen-bond acceptors (Lipinski definition) is 6. The third-order valence-electron chi connectivity index (χ3n) is 3.70. The van der Waals surface area contributed by atoms with Gasteiger partial charge in [0.25, 0.3) is 0 Å². The van der Waals surface area contributed by atoms with Crippen LogP contribution in [-0.2, 0) is 13.3 Å². The minimum atomic E-state index is -2.50. The van der Waals surface area contributed by atoms with E-state index in [9.17, 15) is 0 Å². The van der Waals surface area contributed by atoms with Crippen LogP contribution < -0.4 is 10.1 Å². The molecule has 0 unspecified atom stereocenters. The van der Waals surface area contributed by atoms with Crippen LogP contribution in [-0.4, -0.2) is 61.6 Å². The smallest absolute Gasteiger partial charge is 0.497 e. The molecule has 0 aliphatic carbocycles. The zero-order valence-corrected chi connectivity index (χ0v) is 17.6. The summed E-state index contributed by atoms with van der Waals surface area (Å²) in [5.41, 5.74) is 1.08. The number of benzene rings is 1. The summed E-state index contributed by atoms with van der Waals surface area (Å²) in [5.74, 6) is 0.856. The highest BCUT2D eigenvalue weighted by molar-refractivity contribution is 6.60. The highest BCUT2D eigenvalue weighted by Gasteiger charge is 2.39. The molecule has 0 aliphatic rings. The van der Waals surface area contributed by atoms with Gasteiger partial charge < -0.3 is 23.3 Å². The summed E-state index contributed by atoms with van der Waals surface area (Å²) in [5, 5.41) is 3.41. The normalized spacial score (nSPS) is 12.0. The molecule has 1 aromatic rings. The van der Waals surface area contributed by atoms with Crippen molar-refractivity contribution >= 4 is 15.0 Å². The van der Waals surface area contributed by atoms with Crippen LogP contribution >= 0.6 is 0 Å². The monoisotopic (exact) mass is 382 g/mol. The summed E-state index contributed by atoms with van der Waals surface area (Å²) in [4.78, 5) is 4.44. The molecule has 0 fully saturated rings. The number of hydrogen-bond donors (Lipinski definition) is 1. The summed E-state index contributed by atoms with van der Waals surface area (Å²) >= 11 is 0. The van der Waals surface area contributed by atoms with Crippen molar-refractivity contribution in [2.75, 3.05) is 46.6 Å². The van der Waals surface area contributed by atoms with Gasteiger partial charge in [0.2, 0.25) is 0 Å². The van der Waals surface area contributed by atoms with Crippen molar-refractivity contribution in [3.05, 3.63) is 29.8 Å². The lowest BCUT2D eigenvalue weighted by Gasteiger charge is -2.28. The van der Waals surface area contributed by atoms with Crippen molar-refractivity contribution in [2.24, 2.45) is 4.99 Å². The maximum atomic E-state index is 5.86. The Morgan fingerprint density at radius 2 is 1.58 bits per heavy atom. The molecular weight excluding hydrogens is 348 g/mol. The Labute approximate surface area is 159 Å². The fourth-order valence-corrected chi connectivity index (χ4v) is 5.17. The van der Waals surface area contributed by atoms with Gasteiger partial charge in [-0.2, -0.15) is 0 Å². The molecule has 6 nitrogen and oxygen atoms in total. The maximum absolute atomic E-state index is 5.86. The molecule has 0 heterocycles. The Bertz CT molecular complexity index is 480. The largest absolute Gasteiger partial charge is 0.500 e. The predicted octanol–water partition coefficient (Wildman–Crippen LogP) is 3.14. The molecule has 1 rings (SSSR count). The fourth-order valence-electron chi connectivity index (χ4n) is 2.56. The zero-order chi connectivity index (χ0) is 19.1. The third-order valence-corrected chi connectivity index (χ3v) is 6.85. The van der Waals surface area contributed by atoms with Gasteiger partial charge in [-0.05, 0) is 63.6 Å². The average molecular weight is 383 g/mol. The quantitative estimate of drug-likeness (QED) is 0.287. The van der Waals surface area contributed by atoms with E-state index in [4.69, 9.17) is 18.0 Å². The van der Waals surface area contributed by atoms with Crippen LogP contribution in [0, 0.1) is 0 Å². The first-order chi connectivity index (χ1) is 12.7. The van der Waals surface area contributed by atoms with Crippen LogP contribution in [0.3, 0.4) is 0 Å². The van der Waals surface area contributed by atoms with Gasteiger partial charge in [-0.3, -0.25) is 4.99 Å². The van der Waals surface area contributed by atoms with E-state index < -0.39 is 8.80 Å². The second-order valence-corrected chi connectivity index (χ2v) is 8.38. The second kappa shape index (κ2) is 13.9. The standard InChI is InChI=1S/C19H34N2O4Si/c1-5-23-26(24-6-2,25-7-3)16-8-13-20-14-15-21-17-18-9-11-19(22-4)12-10-18/h9-12,17,20H,5-8,13-16H2,1-4H3. The highest BCUT2D eigenvalue weighted by Crippen LogP contribution is 2.17. The molecule has 0 aromatic heterocycles. The minimum Gasteiger partial charge on any atom is -0.497 e. The van der Waals surface area contributed by atoms with E-state index in [0.717, 1.165) is 43.4 Å². The molecule has 0 bridgehead atoms. The number of rotatable bonds is 15. The number of nitrogens with one attached hydrogen (secondary N) is 1. The van der Waals surface area contributed by atoms with E-state index in [1.165, 1.54) is 0 Å². The number of nitrogens with zero attached hydrogens (tertiary/aromatic N) is 1. The van der Waals surface area contributed by atoms with Crippen LogP contribution in [0.5, 0.6) is 5.75 Å². The van der Waals surface area contributed by atoms with E-state index >= 15 is 0 Å². The van der Waals surface area contributed by atoms with Gasteiger partial charge in [-0.15, -0.1) is 0 Å². The van der Waals surface area contributed by atoms with E-state index in [-0.39, 0.29) is 0 Å². The summed E-state index contributed by atoms with van der Waals surface area (Å²) in [6.45, 7) is 10.3. The van der Waals surface area contributed by atoms with Gasteiger partial charge in [0.05, 0.1) is 13.7 Å². The highest BCUT2D eigenvalue weighted by atomic mass is 28.4. The molecule has 0 aliphatic heterocycles. The molecule has 0 amide bonds. The van der Waals surface area contributed by atoms with E-state index in [0.29, 0.717) is 19.8 Å². The molecule has 0 radical (unpaired) electrons. The molecule has 0 saturated carbocycles. The Kier molecular flexibility index (Phi) is 12.2. The predicted molar refractivity (Wildman–Crippen MR) is 108 cm³/mol. The van der Waals surface area contributed by atoms with Gasteiger partial charge in [0.15, 0.2) is 0 Å². The van der Waals surface area contributed by atoms with Gasteiger partial charge in [-0.25, -0.2) is 0 Å². The van der Waals surface area contributed by atoms with Crippen molar-refractivity contribution < 1.29 is 18.0 Å². The average Bonchev–Trinajstić information content (AvgIpc) is 2.65. The number of ether oxygens (including phenoxy) is 1. The molecule has 1 N–H and O–H groups in total. The van der Waals surface area contributed by atoms with E-state index in [1.54, 1.807) is 7.11 Å². The first-order valence-corrected chi connectivity index (χ1v) is 11.4. The van der Waals surface area contributed by atoms with Crippen molar-refractivity contribution in [3.63, 3.8) is 0 Å². The van der Waals surface area contributed by atoms with Crippen LogP contribution in [0.4, 0.5) is 0 Å². The summed E-state index contributed by atoms with van der Waals surface area (Å²) < 4.78 is 22.7. The molecule has 0 spiro atoms. The van der Waals surface area contributed by atoms with Crippen LogP contribution in [0.1, 0.15) is 32.8 Å². The Morgan fingerprint density at radius 1 is 0.962 bits per heavy atom. The SMILES string of the molecule is CCO[Si](CCCNCCN=Cc1ccc(OC)cc1)(OCC)OCC. The molecule has 0 atom stereocenters. The van der Waals surface area contributed by atoms with Crippen molar-refractivity contribution in [1.82, 2.24) is 5.32 Å². The topological polar surface area (TPSA) is 61.3 Å². The molecular formula is C19H34N2O4Si. The summed E-state index contributed by atoms with van der Waals surface area (Å²) in [6.07, 6.45) is 2.85. The molecule has 26 heavy (non-hydrogen) atoms. The Hall–Kier alpha value is -1.25. The lowest BCUT2D eigenvalue weighted by Crippen LogP contribution is -2.46. The summed E-state index contributed by atoms with van der Waals surface area (Å²) in [6, 6.07) is 8.70. The van der Waals surface area contributed by atoms with Gasteiger partial charge in [0, 0.05) is 38.6 Å². The Balaban J connectivity index is 2.22. The third kappa shape index (κ3) is 8.91. The first kappa shape index (κ1) is 22.8. The van der Waals surface area contributed by atoms with E-state index in [2.05, 4.69) is 10.3 Å².